The van der Waals surface area contributed by atoms with Crippen molar-refractivity contribution < 1.29 is 8.42 Å². The first-order valence-corrected chi connectivity index (χ1v) is 14.8. The number of fused-ring (bicyclic) bond motifs is 1. The Morgan fingerprint density at radius 2 is 1.87 bits per heavy atom. The van der Waals surface area contributed by atoms with E-state index in [2.05, 4.69) is 66.5 Å². The van der Waals surface area contributed by atoms with Gasteiger partial charge in [0.2, 0.25) is 0 Å². The fourth-order valence-corrected chi connectivity index (χ4v) is 5.48. The highest BCUT2D eigenvalue weighted by Gasteiger charge is 2.33. The molecule has 200 valence electrons. The van der Waals surface area contributed by atoms with Gasteiger partial charge in [-0.3, -0.25) is 4.98 Å². The van der Waals surface area contributed by atoms with E-state index in [0.29, 0.717) is 6.54 Å². The van der Waals surface area contributed by atoms with Crippen molar-refractivity contribution in [3.8, 4) is 0 Å². The molecule has 0 bridgehead atoms. The maximum Gasteiger partial charge on any atom is 0.199 e. The molecule has 0 saturated heterocycles. The zero-order valence-corrected chi connectivity index (χ0v) is 23.4. The van der Waals surface area contributed by atoms with Crippen molar-refractivity contribution in [2.75, 3.05) is 0 Å². The molecular weight excluding hydrogens is 494 g/mol. The van der Waals surface area contributed by atoms with Crippen LogP contribution in [0.5, 0.6) is 0 Å². The molecule has 2 heterocycles. The molecule has 2 aromatic carbocycles. The van der Waals surface area contributed by atoms with Gasteiger partial charge < -0.3 is 5.32 Å². The minimum atomic E-state index is -3.54. The summed E-state index contributed by atoms with van der Waals surface area (Å²) in [6, 6.07) is 18.6. The standard InChI is InChI=1S/C30H37N5O2S/c1-5-6-12-26(17-19-38(36,37)27-13-8-7-9-14-27)35-22-29(33-34-35)30(4,23(2)3)32-21-24-15-16-28-25(20-24)11-10-18-31-28/h7-11,13-20,22-23,26,32H,5-6,12,21H2,1-4H3/b19-17+/t26?,30-/m0/s1. The summed E-state index contributed by atoms with van der Waals surface area (Å²) < 4.78 is 27.5. The molecule has 1 N–H and O–H groups in total. The lowest BCUT2D eigenvalue weighted by molar-refractivity contribution is 0.255. The summed E-state index contributed by atoms with van der Waals surface area (Å²) in [5.41, 5.74) is 2.54. The molecule has 4 rings (SSSR count). The molecule has 0 aliphatic rings. The number of benzene rings is 2. The van der Waals surface area contributed by atoms with Gasteiger partial charge in [0.15, 0.2) is 9.84 Å². The van der Waals surface area contributed by atoms with E-state index >= 15 is 0 Å². The highest BCUT2D eigenvalue weighted by molar-refractivity contribution is 7.94. The third kappa shape index (κ3) is 6.37. The maximum atomic E-state index is 12.9. The number of nitrogens with zero attached hydrogens (tertiary/aromatic N) is 4. The highest BCUT2D eigenvalue weighted by Crippen LogP contribution is 2.30. The van der Waals surface area contributed by atoms with Gasteiger partial charge in [-0.1, -0.05) is 69.2 Å². The zero-order valence-electron chi connectivity index (χ0n) is 22.6. The Kier molecular flexibility index (Phi) is 8.74. The first-order valence-electron chi connectivity index (χ1n) is 13.2. The van der Waals surface area contributed by atoms with Gasteiger partial charge >= 0.3 is 0 Å². The van der Waals surface area contributed by atoms with E-state index in [1.807, 2.05) is 18.3 Å². The molecule has 8 heteroatoms. The van der Waals surface area contributed by atoms with Crippen LogP contribution in [0.4, 0.5) is 0 Å². The predicted molar refractivity (Wildman–Crippen MR) is 152 cm³/mol. The van der Waals surface area contributed by atoms with Crippen LogP contribution in [0.3, 0.4) is 0 Å². The smallest absolute Gasteiger partial charge is 0.199 e. The van der Waals surface area contributed by atoms with E-state index < -0.39 is 15.4 Å². The van der Waals surface area contributed by atoms with Gasteiger partial charge in [-0.05, 0) is 61.2 Å². The van der Waals surface area contributed by atoms with Crippen molar-refractivity contribution in [3.05, 3.63) is 95.8 Å². The Hall–Kier alpha value is -3.36. The zero-order chi connectivity index (χ0) is 27.2. The van der Waals surface area contributed by atoms with Crippen molar-refractivity contribution in [2.24, 2.45) is 5.92 Å². The second kappa shape index (κ2) is 12.0. The molecule has 2 atom stereocenters. The van der Waals surface area contributed by atoms with Crippen LogP contribution in [0.2, 0.25) is 0 Å². The lowest BCUT2D eigenvalue weighted by Crippen LogP contribution is -2.44. The maximum absolute atomic E-state index is 12.9. The molecular formula is C30H37N5O2S. The molecule has 38 heavy (non-hydrogen) atoms. The number of allylic oxidation sites excluding steroid dienone is 1. The molecule has 0 amide bonds. The Morgan fingerprint density at radius 1 is 1.08 bits per heavy atom. The van der Waals surface area contributed by atoms with Crippen LogP contribution in [0.25, 0.3) is 10.9 Å². The molecule has 2 aromatic heterocycles. The Bertz CT molecular complexity index is 1480. The topological polar surface area (TPSA) is 89.8 Å². The number of pyridine rings is 1. The number of hydrogen-bond donors (Lipinski definition) is 1. The molecule has 0 spiro atoms. The SMILES string of the molecule is CCCCC(/C=C/S(=O)(=O)c1ccccc1)n1cc([C@@](C)(NCc2ccc3ncccc3c2)C(C)C)nn1. The molecule has 7 nitrogen and oxygen atoms in total. The van der Waals surface area contributed by atoms with E-state index in [0.717, 1.165) is 35.9 Å². The predicted octanol–water partition coefficient (Wildman–Crippen LogP) is 6.21. The largest absolute Gasteiger partial charge is 0.302 e. The summed E-state index contributed by atoms with van der Waals surface area (Å²) >= 11 is 0. The third-order valence-corrected chi connectivity index (χ3v) is 8.71. The molecule has 0 aliphatic heterocycles. The summed E-state index contributed by atoms with van der Waals surface area (Å²) in [6.45, 7) is 9.26. The van der Waals surface area contributed by atoms with E-state index in [1.165, 1.54) is 11.0 Å². The molecule has 0 saturated carbocycles. The summed E-state index contributed by atoms with van der Waals surface area (Å²) in [4.78, 5) is 4.69. The van der Waals surface area contributed by atoms with Crippen molar-refractivity contribution >= 4 is 20.7 Å². The number of rotatable bonds is 12. The van der Waals surface area contributed by atoms with Crippen LogP contribution in [0.1, 0.15) is 64.3 Å². The molecule has 0 aliphatic carbocycles. The first kappa shape index (κ1) is 27.7. The van der Waals surface area contributed by atoms with E-state index in [9.17, 15) is 8.42 Å². The number of unbranched alkanes of at least 4 members (excludes halogenated alkanes) is 1. The van der Waals surface area contributed by atoms with Gasteiger partial charge in [0, 0.05) is 23.5 Å². The van der Waals surface area contributed by atoms with E-state index in [4.69, 9.17) is 0 Å². The monoisotopic (exact) mass is 531 g/mol. The van der Waals surface area contributed by atoms with Gasteiger partial charge in [0.25, 0.3) is 0 Å². The average molecular weight is 532 g/mol. The van der Waals surface area contributed by atoms with Gasteiger partial charge in [-0.2, -0.15) is 0 Å². The fraction of sp³-hybridized carbons (Fsp3) is 0.367. The second-order valence-corrected chi connectivity index (χ2v) is 12.1. The van der Waals surface area contributed by atoms with Crippen LogP contribution in [0, 0.1) is 5.92 Å². The fourth-order valence-electron chi connectivity index (χ4n) is 4.40. The Morgan fingerprint density at radius 3 is 2.61 bits per heavy atom. The first-order chi connectivity index (χ1) is 18.2. The Balaban J connectivity index is 1.56. The number of sulfone groups is 1. The van der Waals surface area contributed by atoms with Gasteiger partial charge in [0.05, 0.1) is 28.2 Å². The van der Waals surface area contributed by atoms with Crippen molar-refractivity contribution in [1.82, 2.24) is 25.3 Å². The van der Waals surface area contributed by atoms with Gasteiger partial charge in [0.1, 0.15) is 5.69 Å². The van der Waals surface area contributed by atoms with Gasteiger partial charge in [-0.15, -0.1) is 5.10 Å². The molecule has 0 fully saturated rings. The minimum absolute atomic E-state index is 0.209. The molecule has 1 unspecified atom stereocenters. The van der Waals surface area contributed by atoms with Crippen LogP contribution in [-0.2, 0) is 21.9 Å². The lowest BCUT2D eigenvalue weighted by atomic mass is 9.85. The van der Waals surface area contributed by atoms with Gasteiger partial charge in [-0.25, -0.2) is 13.1 Å². The normalized spacial score (nSPS) is 14.8. The number of hydrogen-bond acceptors (Lipinski definition) is 6. The quantitative estimate of drug-likeness (QED) is 0.234. The van der Waals surface area contributed by atoms with Crippen molar-refractivity contribution in [2.45, 2.75) is 70.0 Å². The lowest BCUT2D eigenvalue weighted by Gasteiger charge is -2.33. The summed E-state index contributed by atoms with van der Waals surface area (Å²) in [7, 11) is -3.54. The third-order valence-electron chi connectivity index (χ3n) is 7.27. The highest BCUT2D eigenvalue weighted by atomic mass is 32.2. The van der Waals surface area contributed by atoms with Crippen LogP contribution in [0.15, 0.2) is 89.4 Å². The molecule has 0 radical (unpaired) electrons. The van der Waals surface area contributed by atoms with E-state index in [1.54, 1.807) is 47.3 Å². The summed E-state index contributed by atoms with van der Waals surface area (Å²) in [6.07, 6.45) is 8.23. The number of aromatic nitrogens is 4. The van der Waals surface area contributed by atoms with E-state index in [-0.39, 0.29) is 16.9 Å². The van der Waals surface area contributed by atoms with Crippen LogP contribution in [-0.4, -0.2) is 28.4 Å². The minimum Gasteiger partial charge on any atom is -0.302 e. The van der Waals surface area contributed by atoms with Crippen LogP contribution >= 0.6 is 0 Å². The number of nitrogens with one attached hydrogen (secondary N) is 1. The van der Waals surface area contributed by atoms with Crippen LogP contribution < -0.4 is 5.32 Å². The Labute approximate surface area is 225 Å². The summed E-state index contributed by atoms with van der Waals surface area (Å²) in [5, 5.41) is 15.2. The van der Waals surface area contributed by atoms with Crippen molar-refractivity contribution in [1.29, 1.82) is 0 Å². The van der Waals surface area contributed by atoms with Crippen molar-refractivity contribution in [3.63, 3.8) is 0 Å². The second-order valence-electron chi connectivity index (χ2n) is 10.2. The summed E-state index contributed by atoms with van der Waals surface area (Å²) in [5.74, 6) is 0.234. The molecule has 4 aromatic rings. The average Bonchev–Trinajstić information content (AvgIpc) is 3.43.